The van der Waals surface area contributed by atoms with Crippen LogP contribution in [0.4, 0.5) is 18.9 Å². The molecule has 3 aromatic carbocycles. The van der Waals surface area contributed by atoms with Crippen LogP contribution in [0.3, 0.4) is 0 Å². The normalized spacial score (nSPS) is 11.8. The summed E-state index contributed by atoms with van der Waals surface area (Å²) in [4.78, 5) is 12.4. The molecular weight excluding hydrogens is 465 g/mol. The van der Waals surface area contributed by atoms with Gasteiger partial charge in [-0.2, -0.15) is 0 Å². The fraction of sp³-hybridized carbons (Fsp3) is 0.125. The molecular formula is C24H19F3N4O2S. The summed E-state index contributed by atoms with van der Waals surface area (Å²) in [5.74, 6) is -1.92. The molecule has 0 fully saturated rings. The van der Waals surface area contributed by atoms with Gasteiger partial charge in [0, 0.05) is 17.4 Å². The van der Waals surface area contributed by atoms with Gasteiger partial charge in [0.1, 0.15) is 11.6 Å². The Morgan fingerprint density at radius 2 is 1.74 bits per heavy atom. The van der Waals surface area contributed by atoms with Gasteiger partial charge >= 0.3 is 0 Å². The zero-order chi connectivity index (χ0) is 24.1. The largest absolute Gasteiger partial charge is 0.483 e. The van der Waals surface area contributed by atoms with Gasteiger partial charge in [-0.15, -0.1) is 10.2 Å². The monoisotopic (exact) mass is 484 g/mol. The van der Waals surface area contributed by atoms with Crippen LogP contribution in [0.25, 0.3) is 5.69 Å². The highest BCUT2D eigenvalue weighted by molar-refractivity contribution is 7.99. The fourth-order valence-electron chi connectivity index (χ4n) is 3.13. The highest BCUT2D eigenvalue weighted by Gasteiger charge is 2.22. The van der Waals surface area contributed by atoms with Crippen LogP contribution in [-0.2, 0) is 4.79 Å². The highest BCUT2D eigenvalue weighted by Crippen LogP contribution is 2.28. The predicted octanol–water partition coefficient (Wildman–Crippen LogP) is 5.56. The summed E-state index contributed by atoms with van der Waals surface area (Å²) < 4.78 is 47.4. The van der Waals surface area contributed by atoms with E-state index in [1.165, 1.54) is 30.3 Å². The van der Waals surface area contributed by atoms with E-state index in [1.54, 1.807) is 11.5 Å². The van der Waals surface area contributed by atoms with Crippen LogP contribution in [0, 0.1) is 17.5 Å². The predicted molar refractivity (Wildman–Crippen MR) is 123 cm³/mol. The van der Waals surface area contributed by atoms with Crippen molar-refractivity contribution < 1.29 is 22.7 Å². The van der Waals surface area contributed by atoms with Gasteiger partial charge in [-0.3, -0.25) is 9.36 Å². The van der Waals surface area contributed by atoms with Gasteiger partial charge in [0.05, 0.1) is 5.75 Å². The third-order valence-electron chi connectivity index (χ3n) is 4.70. The lowest BCUT2D eigenvalue weighted by Crippen LogP contribution is -2.15. The first-order valence-corrected chi connectivity index (χ1v) is 11.2. The second-order valence-electron chi connectivity index (χ2n) is 7.19. The van der Waals surface area contributed by atoms with Gasteiger partial charge in [-0.1, -0.05) is 30.0 Å². The molecule has 1 aromatic heterocycles. The van der Waals surface area contributed by atoms with E-state index >= 15 is 0 Å². The smallest absolute Gasteiger partial charge is 0.234 e. The number of hydrogen-bond donors (Lipinski definition) is 1. The quantitative estimate of drug-likeness (QED) is 0.332. The van der Waals surface area contributed by atoms with Gasteiger partial charge < -0.3 is 10.1 Å². The summed E-state index contributed by atoms with van der Waals surface area (Å²) in [6.07, 6.45) is -0.538. The Morgan fingerprint density at radius 3 is 2.44 bits per heavy atom. The molecule has 0 spiro atoms. The van der Waals surface area contributed by atoms with E-state index < -0.39 is 23.6 Å². The summed E-state index contributed by atoms with van der Waals surface area (Å²) in [5.41, 5.74) is 0.914. The maximum Gasteiger partial charge on any atom is 0.234 e. The van der Waals surface area contributed by atoms with Crippen LogP contribution in [0.2, 0.25) is 0 Å². The number of para-hydroxylation sites is 1. The second-order valence-corrected chi connectivity index (χ2v) is 8.13. The average Bonchev–Trinajstić information content (AvgIpc) is 3.26. The summed E-state index contributed by atoms with van der Waals surface area (Å²) >= 11 is 1.13. The number of nitrogens with one attached hydrogen (secondary N) is 1. The molecule has 1 amide bonds. The number of carbonyl (C=O) groups excluding carboxylic acids is 1. The maximum atomic E-state index is 13.4. The third-order valence-corrected chi connectivity index (χ3v) is 5.63. The molecule has 1 atom stereocenters. The van der Waals surface area contributed by atoms with Gasteiger partial charge in [-0.05, 0) is 55.5 Å². The lowest BCUT2D eigenvalue weighted by atomic mass is 10.3. The molecule has 10 heteroatoms. The molecule has 34 heavy (non-hydrogen) atoms. The number of amides is 1. The number of anilines is 1. The first kappa shape index (κ1) is 23.4. The van der Waals surface area contributed by atoms with Crippen molar-refractivity contribution in [1.82, 2.24) is 14.8 Å². The molecule has 174 valence electrons. The number of hydrogen-bond acceptors (Lipinski definition) is 5. The Bertz CT molecular complexity index is 1280. The van der Waals surface area contributed by atoms with Gasteiger partial charge in [0.25, 0.3) is 0 Å². The molecule has 4 rings (SSSR count). The van der Waals surface area contributed by atoms with Crippen molar-refractivity contribution in [3.63, 3.8) is 0 Å². The van der Waals surface area contributed by atoms with E-state index in [0.29, 0.717) is 16.7 Å². The number of nitrogens with zero attached hydrogens (tertiary/aromatic N) is 3. The minimum Gasteiger partial charge on any atom is -0.483 e. The van der Waals surface area contributed by atoms with E-state index in [9.17, 15) is 18.0 Å². The Morgan fingerprint density at radius 1 is 1.00 bits per heavy atom. The molecule has 4 aromatic rings. The SMILES string of the molecule is CC(Oc1ccc(F)cc1)c1nnc(SCC(=O)Nc2ccc(F)c(F)c2)n1-c1ccccc1. The Labute approximate surface area is 197 Å². The molecule has 0 aliphatic carbocycles. The molecule has 0 radical (unpaired) electrons. The van der Waals surface area contributed by atoms with E-state index in [4.69, 9.17) is 4.74 Å². The van der Waals surface area contributed by atoms with Crippen LogP contribution in [0.5, 0.6) is 5.75 Å². The molecule has 1 N–H and O–H groups in total. The molecule has 0 saturated heterocycles. The van der Waals surface area contributed by atoms with E-state index in [1.807, 2.05) is 30.3 Å². The molecule has 0 aliphatic heterocycles. The van der Waals surface area contributed by atoms with Crippen molar-refractivity contribution in [1.29, 1.82) is 0 Å². The van der Waals surface area contributed by atoms with Crippen molar-refractivity contribution >= 4 is 23.4 Å². The molecule has 6 nitrogen and oxygen atoms in total. The van der Waals surface area contributed by atoms with Crippen molar-refractivity contribution in [3.05, 3.63) is 96.1 Å². The minimum atomic E-state index is -1.05. The summed E-state index contributed by atoms with van der Waals surface area (Å²) in [5, 5.41) is 11.4. The number of halogens is 3. The zero-order valence-corrected chi connectivity index (χ0v) is 18.7. The Kier molecular flexibility index (Phi) is 7.17. The van der Waals surface area contributed by atoms with Crippen LogP contribution in [0.1, 0.15) is 18.9 Å². The number of thioether (sulfide) groups is 1. The minimum absolute atomic E-state index is 0.0445. The van der Waals surface area contributed by atoms with Gasteiger partial charge in [0.15, 0.2) is 28.7 Å². The van der Waals surface area contributed by atoms with E-state index in [0.717, 1.165) is 29.6 Å². The fourth-order valence-corrected chi connectivity index (χ4v) is 3.89. The van der Waals surface area contributed by atoms with Crippen LogP contribution >= 0.6 is 11.8 Å². The third kappa shape index (κ3) is 5.57. The summed E-state index contributed by atoms with van der Waals surface area (Å²) in [6, 6.07) is 18.1. The molecule has 0 saturated carbocycles. The summed E-state index contributed by atoms with van der Waals surface area (Å²) in [6.45, 7) is 1.79. The number of carbonyl (C=O) groups is 1. The lowest BCUT2D eigenvalue weighted by molar-refractivity contribution is -0.113. The molecule has 0 aliphatic rings. The van der Waals surface area contributed by atoms with Crippen LogP contribution in [0.15, 0.2) is 78.0 Å². The van der Waals surface area contributed by atoms with Crippen LogP contribution < -0.4 is 10.1 Å². The number of rotatable bonds is 8. The second kappa shape index (κ2) is 10.4. The van der Waals surface area contributed by atoms with Crippen molar-refractivity contribution in [2.45, 2.75) is 18.2 Å². The zero-order valence-electron chi connectivity index (χ0n) is 17.9. The first-order chi connectivity index (χ1) is 16.4. The van der Waals surface area contributed by atoms with Crippen molar-refractivity contribution in [2.24, 2.45) is 0 Å². The molecule has 0 bridgehead atoms. The number of aromatic nitrogens is 3. The van der Waals surface area contributed by atoms with E-state index in [-0.39, 0.29) is 17.3 Å². The Balaban J connectivity index is 1.52. The van der Waals surface area contributed by atoms with Crippen LogP contribution in [-0.4, -0.2) is 26.4 Å². The first-order valence-electron chi connectivity index (χ1n) is 10.2. The highest BCUT2D eigenvalue weighted by atomic mass is 32.2. The van der Waals surface area contributed by atoms with Gasteiger partial charge in [-0.25, -0.2) is 13.2 Å². The average molecular weight is 485 g/mol. The van der Waals surface area contributed by atoms with E-state index in [2.05, 4.69) is 15.5 Å². The standard InChI is InChI=1S/C24H19F3N4O2S/c1-15(33-19-10-7-16(25)8-11-19)23-29-30-24(31(23)18-5-3-2-4-6-18)34-14-22(32)28-17-9-12-20(26)21(27)13-17/h2-13,15H,14H2,1H3,(H,28,32). The molecule has 1 heterocycles. The molecule has 1 unspecified atom stereocenters. The topological polar surface area (TPSA) is 69.0 Å². The summed E-state index contributed by atoms with van der Waals surface area (Å²) in [7, 11) is 0. The maximum absolute atomic E-state index is 13.4. The van der Waals surface area contributed by atoms with Gasteiger partial charge in [0.2, 0.25) is 5.91 Å². The number of ether oxygens (including phenoxy) is 1. The van der Waals surface area contributed by atoms with Crippen molar-refractivity contribution in [2.75, 3.05) is 11.1 Å². The lowest BCUT2D eigenvalue weighted by Gasteiger charge is -2.16. The van der Waals surface area contributed by atoms with Crippen molar-refractivity contribution in [3.8, 4) is 11.4 Å². The number of benzene rings is 3. The Hall–Kier alpha value is -3.79.